The largest absolute Gasteiger partial charge is 0.496 e. The number of esters is 1. The summed E-state index contributed by atoms with van der Waals surface area (Å²) < 4.78 is 10.4. The van der Waals surface area contributed by atoms with Gasteiger partial charge < -0.3 is 14.8 Å². The van der Waals surface area contributed by atoms with Crippen molar-refractivity contribution in [1.29, 1.82) is 0 Å². The fourth-order valence-electron chi connectivity index (χ4n) is 3.21. The van der Waals surface area contributed by atoms with E-state index in [4.69, 9.17) is 9.47 Å². The van der Waals surface area contributed by atoms with Crippen LogP contribution in [0.15, 0.2) is 23.1 Å². The number of ether oxygens (including phenoxy) is 2. The molecule has 0 aliphatic heterocycles. The number of nitrogens with one attached hydrogen (secondary N) is 1. The third kappa shape index (κ3) is 5.14. The van der Waals surface area contributed by atoms with Gasteiger partial charge >= 0.3 is 5.97 Å². The number of amides is 1. The molecule has 25 heavy (non-hydrogen) atoms. The van der Waals surface area contributed by atoms with Crippen molar-refractivity contribution in [3.05, 3.63) is 23.8 Å². The quantitative estimate of drug-likeness (QED) is 0.617. The number of hydrogen-bond donors (Lipinski definition) is 1. The summed E-state index contributed by atoms with van der Waals surface area (Å²) >= 11 is 1.56. The van der Waals surface area contributed by atoms with Crippen LogP contribution in [0.2, 0.25) is 0 Å². The van der Waals surface area contributed by atoms with Gasteiger partial charge in [0, 0.05) is 10.9 Å². The second-order valence-electron chi connectivity index (χ2n) is 6.58. The van der Waals surface area contributed by atoms with Crippen molar-refractivity contribution in [3.8, 4) is 5.75 Å². The molecule has 1 saturated carbocycles. The molecule has 0 heterocycles. The van der Waals surface area contributed by atoms with Crippen molar-refractivity contribution < 1.29 is 19.1 Å². The summed E-state index contributed by atoms with van der Waals surface area (Å²) in [5, 5.41) is 3.00. The molecule has 5 nitrogen and oxygen atoms in total. The molecule has 0 spiro atoms. The highest BCUT2D eigenvalue weighted by atomic mass is 32.2. The van der Waals surface area contributed by atoms with Crippen molar-refractivity contribution in [2.24, 2.45) is 11.8 Å². The lowest BCUT2D eigenvalue weighted by Crippen LogP contribution is -2.45. The van der Waals surface area contributed by atoms with Gasteiger partial charge in [0.05, 0.1) is 7.11 Å². The molecule has 6 heteroatoms. The molecule has 0 bridgehead atoms. The summed E-state index contributed by atoms with van der Waals surface area (Å²) in [7, 11) is 1.51. The predicted octanol–water partition coefficient (Wildman–Crippen LogP) is 3.51. The highest BCUT2D eigenvalue weighted by Crippen LogP contribution is 2.29. The maximum atomic E-state index is 12.2. The van der Waals surface area contributed by atoms with E-state index in [2.05, 4.69) is 19.2 Å². The Morgan fingerprint density at radius 1 is 1.28 bits per heavy atom. The maximum Gasteiger partial charge on any atom is 0.342 e. The lowest BCUT2D eigenvalue weighted by molar-refractivity contribution is -0.125. The number of carbonyl (C=O) groups excluding carboxylic acids is 2. The van der Waals surface area contributed by atoms with E-state index in [-0.39, 0.29) is 18.6 Å². The maximum absolute atomic E-state index is 12.2. The normalized spacial score (nSPS) is 23.0. The first-order chi connectivity index (χ1) is 12.0. The van der Waals surface area contributed by atoms with E-state index in [9.17, 15) is 9.59 Å². The molecular weight excluding hydrogens is 338 g/mol. The lowest BCUT2D eigenvalue weighted by atomic mass is 9.78. The monoisotopic (exact) mass is 365 g/mol. The highest BCUT2D eigenvalue weighted by molar-refractivity contribution is 7.98. The van der Waals surface area contributed by atoms with Crippen LogP contribution in [0.4, 0.5) is 0 Å². The molecule has 1 fully saturated rings. The van der Waals surface area contributed by atoms with Crippen molar-refractivity contribution in [1.82, 2.24) is 5.32 Å². The van der Waals surface area contributed by atoms with Crippen molar-refractivity contribution in [2.45, 2.75) is 44.0 Å². The minimum atomic E-state index is -0.551. The fraction of sp³-hybridized carbons (Fsp3) is 0.579. The first-order valence-corrected chi connectivity index (χ1v) is 9.87. The number of carbonyl (C=O) groups is 2. The van der Waals surface area contributed by atoms with Gasteiger partial charge in [-0.25, -0.2) is 4.79 Å². The van der Waals surface area contributed by atoms with Crippen LogP contribution in [0.1, 0.15) is 43.5 Å². The van der Waals surface area contributed by atoms with Gasteiger partial charge in [-0.3, -0.25) is 4.79 Å². The molecule has 0 saturated heterocycles. The first-order valence-electron chi connectivity index (χ1n) is 8.64. The molecule has 1 N–H and O–H groups in total. The van der Waals surface area contributed by atoms with E-state index in [1.807, 2.05) is 12.3 Å². The van der Waals surface area contributed by atoms with Crippen LogP contribution in [0.3, 0.4) is 0 Å². The number of methoxy groups -OCH3 is 1. The summed E-state index contributed by atoms with van der Waals surface area (Å²) in [6.45, 7) is 4.11. The zero-order chi connectivity index (χ0) is 18.4. The molecule has 138 valence electrons. The van der Waals surface area contributed by atoms with Gasteiger partial charge in [-0.1, -0.05) is 26.7 Å². The van der Waals surface area contributed by atoms with Gasteiger partial charge in [-0.2, -0.15) is 0 Å². The molecule has 3 atom stereocenters. The molecule has 1 amide bonds. The van der Waals surface area contributed by atoms with Crippen molar-refractivity contribution in [3.63, 3.8) is 0 Å². The number of benzene rings is 1. The van der Waals surface area contributed by atoms with Crippen LogP contribution in [0.25, 0.3) is 0 Å². The van der Waals surface area contributed by atoms with E-state index < -0.39 is 5.97 Å². The van der Waals surface area contributed by atoms with Crippen LogP contribution >= 0.6 is 11.8 Å². The van der Waals surface area contributed by atoms with E-state index in [0.29, 0.717) is 23.1 Å². The van der Waals surface area contributed by atoms with Crippen LogP contribution in [-0.4, -0.2) is 37.9 Å². The molecule has 1 aliphatic rings. The van der Waals surface area contributed by atoms with Gasteiger partial charge in [0.2, 0.25) is 0 Å². The lowest BCUT2D eigenvalue weighted by Gasteiger charge is -2.34. The summed E-state index contributed by atoms with van der Waals surface area (Å²) in [6, 6.07) is 5.43. The van der Waals surface area contributed by atoms with Crippen LogP contribution in [0, 0.1) is 11.8 Å². The SMILES string of the molecule is COc1cc(SC)ccc1C(=O)OCC(=O)N[C@H]1CCC[C@H](C)[C@@H]1C. The average molecular weight is 365 g/mol. The minimum absolute atomic E-state index is 0.158. The molecule has 0 aromatic heterocycles. The molecule has 1 aromatic carbocycles. The van der Waals surface area contributed by atoms with Crippen LogP contribution in [-0.2, 0) is 9.53 Å². The second kappa shape index (κ2) is 9.13. The summed E-state index contributed by atoms with van der Waals surface area (Å²) in [5.41, 5.74) is 0.327. The molecule has 1 aromatic rings. The number of hydrogen-bond acceptors (Lipinski definition) is 5. The standard InChI is InChI=1S/C19H27NO4S/c1-12-6-5-7-16(13(12)2)20-18(21)11-24-19(22)15-9-8-14(25-4)10-17(15)23-3/h8-10,12-13,16H,5-7,11H2,1-4H3,(H,20,21)/t12-,13-,16-/m0/s1. The van der Waals surface area contributed by atoms with Gasteiger partial charge in [0.15, 0.2) is 6.61 Å². The number of thioether (sulfide) groups is 1. The fourth-order valence-corrected chi connectivity index (χ4v) is 3.64. The highest BCUT2D eigenvalue weighted by Gasteiger charge is 2.28. The number of rotatable bonds is 6. The zero-order valence-corrected chi connectivity index (χ0v) is 16.2. The van der Waals surface area contributed by atoms with Crippen molar-refractivity contribution >= 4 is 23.6 Å². The minimum Gasteiger partial charge on any atom is -0.496 e. The van der Waals surface area contributed by atoms with E-state index in [1.165, 1.54) is 13.5 Å². The Kier molecular flexibility index (Phi) is 7.17. The molecule has 0 radical (unpaired) electrons. The van der Waals surface area contributed by atoms with Gasteiger partial charge in [-0.05, 0) is 42.7 Å². The van der Waals surface area contributed by atoms with Crippen LogP contribution < -0.4 is 10.1 Å². The first kappa shape index (κ1) is 19.6. The van der Waals surface area contributed by atoms with Gasteiger partial charge in [-0.15, -0.1) is 11.8 Å². The Labute approximate surface area is 153 Å². The Hall–Kier alpha value is -1.69. The molecule has 2 rings (SSSR count). The predicted molar refractivity (Wildman–Crippen MR) is 99.2 cm³/mol. The summed E-state index contributed by atoms with van der Waals surface area (Å²) in [4.78, 5) is 25.4. The smallest absolute Gasteiger partial charge is 0.342 e. The van der Waals surface area contributed by atoms with Crippen LogP contribution in [0.5, 0.6) is 5.75 Å². The topological polar surface area (TPSA) is 64.6 Å². The Morgan fingerprint density at radius 2 is 2.04 bits per heavy atom. The second-order valence-corrected chi connectivity index (χ2v) is 7.46. The average Bonchev–Trinajstić information content (AvgIpc) is 2.62. The Balaban J connectivity index is 1.90. The summed E-state index contributed by atoms with van der Waals surface area (Å²) in [5.74, 6) is 0.684. The van der Waals surface area contributed by atoms with Gasteiger partial charge in [0.1, 0.15) is 11.3 Å². The van der Waals surface area contributed by atoms with E-state index >= 15 is 0 Å². The van der Waals surface area contributed by atoms with Gasteiger partial charge in [0.25, 0.3) is 5.91 Å². The van der Waals surface area contributed by atoms with Crippen molar-refractivity contribution in [2.75, 3.05) is 20.0 Å². The summed E-state index contributed by atoms with van der Waals surface area (Å²) in [6.07, 6.45) is 5.25. The molecule has 1 aliphatic carbocycles. The Bertz CT molecular complexity index is 619. The Morgan fingerprint density at radius 3 is 2.72 bits per heavy atom. The van der Waals surface area contributed by atoms with E-state index in [1.54, 1.807) is 23.9 Å². The third-order valence-corrected chi connectivity index (χ3v) is 5.74. The molecular formula is C19H27NO4S. The third-order valence-electron chi connectivity index (χ3n) is 5.02. The zero-order valence-electron chi connectivity index (χ0n) is 15.3. The van der Waals surface area contributed by atoms with E-state index in [0.717, 1.165) is 17.7 Å². The molecule has 0 unspecified atom stereocenters.